The van der Waals surface area contributed by atoms with Crippen molar-refractivity contribution in [3.8, 4) is 11.5 Å². The predicted octanol–water partition coefficient (Wildman–Crippen LogP) is 11.8. The maximum Gasteiger partial charge on any atom is 0.168 e. The zero-order valence-corrected chi connectivity index (χ0v) is 33.0. The molecule has 59 heavy (non-hydrogen) atoms. The molecule has 8 rings (SSSR count). The van der Waals surface area contributed by atoms with E-state index in [1.54, 1.807) is 73.1 Å². The highest BCUT2D eigenvalue weighted by molar-refractivity contribution is 6.42. The number of nitrogens with zero attached hydrogens (tertiary/aromatic N) is 4. The highest BCUT2D eigenvalue weighted by Gasteiger charge is 2.23. The number of rotatable bonds is 5. The van der Waals surface area contributed by atoms with Gasteiger partial charge in [0.1, 0.15) is 40.5 Å². The van der Waals surface area contributed by atoms with Gasteiger partial charge in [-0.05, 0) is 48.0 Å². The largest absolute Gasteiger partial charge is 0.506 e. The monoisotopic (exact) mass is 880 g/mol. The summed E-state index contributed by atoms with van der Waals surface area (Å²) in [6.07, 6.45) is 5.72. The first-order valence-corrected chi connectivity index (χ1v) is 18.4. The third-order valence-electron chi connectivity index (χ3n) is 7.98. The number of carbonyl (C=O) groups is 1. The van der Waals surface area contributed by atoms with Gasteiger partial charge in [-0.15, -0.1) is 0 Å². The summed E-state index contributed by atoms with van der Waals surface area (Å²) in [5.74, 6) is -3.50. The van der Waals surface area contributed by atoms with Gasteiger partial charge in [-0.2, -0.15) is 0 Å². The van der Waals surface area contributed by atoms with E-state index in [4.69, 9.17) is 52.1 Å². The van der Waals surface area contributed by atoms with E-state index in [-0.39, 0.29) is 23.1 Å². The molecule has 0 saturated carbocycles. The van der Waals surface area contributed by atoms with Gasteiger partial charge in [0, 0.05) is 46.4 Å². The molecule has 0 saturated heterocycles. The SMILES string of the molecule is Nc1ncc(F)cc1F.O=Cc1ccc(Cl)c(Cl)c1.Oc1c(C(Nc2ncc(F)cc2F)c2ccc(Cl)c(Cl)c2)ccc2cccnc12.Oc1cccc2cccnc12. The first-order valence-electron chi connectivity index (χ1n) is 16.8. The van der Waals surface area contributed by atoms with Crippen LogP contribution in [0.2, 0.25) is 20.1 Å². The molecule has 0 aliphatic heterocycles. The van der Waals surface area contributed by atoms with Gasteiger partial charge >= 0.3 is 0 Å². The number of para-hydroxylation sites is 1. The third-order valence-corrected chi connectivity index (χ3v) is 9.46. The van der Waals surface area contributed by atoms with Crippen molar-refractivity contribution in [3.63, 3.8) is 0 Å². The lowest BCUT2D eigenvalue weighted by Gasteiger charge is -2.22. The van der Waals surface area contributed by atoms with Crippen LogP contribution in [0.25, 0.3) is 21.8 Å². The zero-order chi connectivity index (χ0) is 42.6. The lowest BCUT2D eigenvalue weighted by molar-refractivity contribution is 0.112. The van der Waals surface area contributed by atoms with Crippen LogP contribution in [0, 0.1) is 23.3 Å². The number of fused-ring (bicyclic) bond motifs is 2. The number of phenols is 2. The van der Waals surface area contributed by atoms with Crippen LogP contribution in [0.15, 0.2) is 128 Å². The molecular weight excluding hydrogens is 854 g/mol. The van der Waals surface area contributed by atoms with Gasteiger partial charge in [-0.25, -0.2) is 27.5 Å². The second-order valence-electron chi connectivity index (χ2n) is 12.0. The average Bonchev–Trinajstić information content (AvgIpc) is 3.23. The van der Waals surface area contributed by atoms with Crippen molar-refractivity contribution >= 4 is 86.1 Å². The number of nitrogens with two attached hydrogens (primary N) is 1. The van der Waals surface area contributed by atoms with Gasteiger partial charge in [0.05, 0.1) is 38.5 Å². The first kappa shape index (κ1) is 43.9. The zero-order valence-electron chi connectivity index (χ0n) is 30.0. The molecule has 300 valence electrons. The fourth-order valence-corrected chi connectivity index (χ4v) is 5.78. The number of aromatic hydroxyl groups is 2. The lowest BCUT2D eigenvalue weighted by atomic mass is 9.96. The van der Waals surface area contributed by atoms with E-state index in [2.05, 4.69) is 25.3 Å². The van der Waals surface area contributed by atoms with Crippen molar-refractivity contribution in [2.45, 2.75) is 6.04 Å². The Labute approximate surface area is 353 Å². The second-order valence-corrected chi connectivity index (χ2v) is 13.6. The van der Waals surface area contributed by atoms with Crippen molar-refractivity contribution < 1.29 is 32.6 Å². The summed E-state index contributed by atoms with van der Waals surface area (Å²) in [5.41, 5.74) is 7.54. The molecule has 0 spiro atoms. The highest BCUT2D eigenvalue weighted by Crippen LogP contribution is 2.38. The number of anilines is 2. The summed E-state index contributed by atoms with van der Waals surface area (Å²) >= 11 is 23.4. The van der Waals surface area contributed by atoms with Crippen LogP contribution in [0.4, 0.5) is 29.2 Å². The molecule has 1 unspecified atom stereocenters. The van der Waals surface area contributed by atoms with Crippen LogP contribution in [-0.2, 0) is 0 Å². The Balaban J connectivity index is 0.000000179. The van der Waals surface area contributed by atoms with Gasteiger partial charge in [0.2, 0.25) is 0 Å². The summed E-state index contributed by atoms with van der Waals surface area (Å²) in [6, 6.07) is 26.4. The minimum Gasteiger partial charge on any atom is -0.506 e. The second kappa shape index (κ2) is 20.4. The third kappa shape index (κ3) is 11.7. The molecule has 0 bridgehead atoms. The molecule has 1 atom stereocenters. The van der Waals surface area contributed by atoms with Gasteiger partial charge < -0.3 is 21.3 Å². The van der Waals surface area contributed by atoms with Crippen LogP contribution in [0.1, 0.15) is 27.5 Å². The first-order chi connectivity index (χ1) is 28.2. The molecule has 0 amide bonds. The van der Waals surface area contributed by atoms with E-state index in [9.17, 15) is 32.6 Å². The van der Waals surface area contributed by atoms with E-state index >= 15 is 0 Å². The molecule has 17 heteroatoms. The maximum atomic E-state index is 14.3. The van der Waals surface area contributed by atoms with Gasteiger partial charge in [0.25, 0.3) is 0 Å². The number of halogens is 8. The Hall–Kier alpha value is -6.25. The molecular formula is C42H28Cl4F4N6O3. The standard InChI is InChI=1S/C21H13Cl2F2N3O.C9H7NO.C7H4Cl2O.C5H4F2N2/c22-15-6-4-12(8-16(15)23)18(28-21-17(25)9-13(24)10-27-21)14-5-3-11-2-1-7-26-19(11)20(14)29;11-8-5-1-3-7-4-2-6-10-9(7)8;8-6-2-1-5(4-10)3-7(6)9;6-3-1-4(7)5(8)9-2-3/h1-10,18,29H,(H,27,28);1-6,11H;1-4H;1-2H,(H2,8,9). The van der Waals surface area contributed by atoms with Crippen molar-refractivity contribution in [1.29, 1.82) is 0 Å². The quantitative estimate of drug-likeness (QED) is 0.0979. The molecule has 5 N–H and O–H groups in total. The van der Waals surface area contributed by atoms with Crippen molar-refractivity contribution in [3.05, 3.63) is 188 Å². The molecule has 0 aliphatic carbocycles. The molecule has 0 fully saturated rings. The molecule has 8 aromatic rings. The van der Waals surface area contributed by atoms with Crippen LogP contribution >= 0.6 is 46.4 Å². The Kier molecular flexibility index (Phi) is 15.2. The number of aldehydes is 1. The Morgan fingerprint density at radius 3 is 1.81 bits per heavy atom. The molecule has 4 aromatic carbocycles. The summed E-state index contributed by atoms with van der Waals surface area (Å²) in [4.78, 5) is 25.4. The van der Waals surface area contributed by atoms with Crippen LogP contribution in [0.3, 0.4) is 0 Å². The number of phenolic OH excluding ortho intramolecular Hbond substituents is 2. The summed E-state index contributed by atoms with van der Waals surface area (Å²) < 4.78 is 51.6. The van der Waals surface area contributed by atoms with E-state index in [0.29, 0.717) is 53.9 Å². The number of nitrogens with one attached hydrogen (secondary N) is 1. The Morgan fingerprint density at radius 1 is 0.627 bits per heavy atom. The smallest absolute Gasteiger partial charge is 0.168 e. The molecule has 4 heterocycles. The average molecular weight is 883 g/mol. The van der Waals surface area contributed by atoms with E-state index in [1.807, 2.05) is 24.3 Å². The van der Waals surface area contributed by atoms with Crippen molar-refractivity contribution in [1.82, 2.24) is 19.9 Å². The van der Waals surface area contributed by atoms with Gasteiger partial charge in [0.15, 0.2) is 23.3 Å². The molecule has 4 aromatic heterocycles. The fourth-order valence-electron chi connectivity index (χ4n) is 5.17. The van der Waals surface area contributed by atoms with Crippen molar-refractivity contribution in [2.75, 3.05) is 11.1 Å². The predicted molar refractivity (Wildman–Crippen MR) is 223 cm³/mol. The maximum absolute atomic E-state index is 14.3. The Bertz CT molecular complexity index is 2750. The fraction of sp³-hybridized carbons (Fsp3) is 0.0238. The normalized spacial score (nSPS) is 10.9. The van der Waals surface area contributed by atoms with Gasteiger partial charge in [-0.1, -0.05) is 94.9 Å². The van der Waals surface area contributed by atoms with Crippen LogP contribution in [0.5, 0.6) is 11.5 Å². The summed E-state index contributed by atoms with van der Waals surface area (Å²) in [7, 11) is 0. The van der Waals surface area contributed by atoms with E-state index in [1.165, 1.54) is 6.07 Å². The summed E-state index contributed by atoms with van der Waals surface area (Å²) in [5, 5.41) is 26.3. The molecule has 0 radical (unpaired) electrons. The number of nitrogen functional groups attached to an aromatic ring is 1. The van der Waals surface area contributed by atoms with Crippen molar-refractivity contribution in [2.24, 2.45) is 0 Å². The molecule has 0 aliphatic rings. The number of hydrogen-bond donors (Lipinski definition) is 4. The Morgan fingerprint density at radius 2 is 1.22 bits per heavy atom. The molecule has 9 nitrogen and oxygen atoms in total. The van der Waals surface area contributed by atoms with E-state index in [0.717, 1.165) is 35.5 Å². The summed E-state index contributed by atoms with van der Waals surface area (Å²) in [6.45, 7) is 0. The number of aromatic nitrogens is 4. The van der Waals surface area contributed by atoms with Gasteiger partial charge in [-0.3, -0.25) is 14.8 Å². The number of pyridine rings is 4. The number of benzene rings is 4. The van der Waals surface area contributed by atoms with Crippen LogP contribution < -0.4 is 11.1 Å². The number of hydrogen-bond acceptors (Lipinski definition) is 9. The van der Waals surface area contributed by atoms with Crippen LogP contribution in [-0.4, -0.2) is 36.4 Å². The minimum atomic E-state index is -0.867. The minimum absolute atomic E-state index is 0.0748. The highest BCUT2D eigenvalue weighted by atomic mass is 35.5. The van der Waals surface area contributed by atoms with E-state index < -0.39 is 29.3 Å². The topological polar surface area (TPSA) is 147 Å². The number of carbonyl (C=O) groups excluding carboxylic acids is 1. The lowest BCUT2D eigenvalue weighted by Crippen LogP contribution is -2.15.